The smallest absolute Gasteiger partial charge is 0.406 e. The average Bonchev–Trinajstić information content (AvgIpc) is 3.42. The number of ether oxygens (including phenoxy) is 1. The molecule has 9 heteroatoms. The maximum atomic E-state index is 12.4. The summed E-state index contributed by atoms with van der Waals surface area (Å²) in [7, 11) is 0. The fourth-order valence-electron chi connectivity index (χ4n) is 4.53. The summed E-state index contributed by atoms with van der Waals surface area (Å²) in [6, 6.07) is 8.19. The first-order chi connectivity index (χ1) is 15.8. The molecular weight excluding hydrogens is 431 g/mol. The number of fused-ring (bicyclic) bond motifs is 1. The molecule has 0 saturated heterocycles. The molecule has 2 aliphatic rings. The summed E-state index contributed by atoms with van der Waals surface area (Å²) in [5.74, 6) is -0.852. The third kappa shape index (κ3) is 4.73. The van der Waals surface area contributed by atoms with Crippen LogP contribution in [0.25, 0.3) is 27.9 Å². The van der Waals surface area contributed by atoms with Gasteiger partial charge in [-0.1, -0.05) is 25.0 Å². The largest absolute Gasteiger partial charge is 0.573 e. The number of aliphatic imine (C=N–C) groups is 1. The molecule has 1 aliphatic carbocycles. The maximum Gasteiger partial charge on any atom is 0.573 e. The zero-order valence-corrected chi connectivity index (χ0v) is 18.0. The number of nitrogens with one attached hydrogen (secondary N) is 3. The van der Waals surface area contributed by atoms with Crippen molar-refractivity contribution in [1.29, 1.82) is 0 Å². The molecule has 1 atom stereocenters. The minimum atomic E-state index is -4.72. The van der Waals surface area contributed by atoms with E-state index in [1.54, 1.807) is 18.3 Å². The second kappa shape index (κ2) is 8.22. The number of allylic oxidation sites excluding steroid dienone is 1. The Hall–Kier alpha value is -3.33. The van der Waals surface area contributed by atoms with Gasteiger partial charge in [-0.2, -0.15) is 0 Å². The van der Waals surface area contributed by atoms with Crippen molar-refractivity contribution in [1.82, 2.24) is 20.6 Å². The minimum Gasteiger partial charge on any atom is -0.406 e. The first-order valence-corrected chi connectivity index (χ1v) is 10.9. The molecule has 1 aromatic carbocycles. The minimum absolute atomic E-state index is 0.257. The van der Waals surface area contributed by atoms with Crippen LogP contribution in [0, 0.1) is 0 Å². The molecule has 3 aromatic rings. The predicted octanol–water partition coefficient (Wildman–Crippen LogP) is 5.35. The number of halogens is 3. The van der Waals surface area contributed by atoms with Gasteiger partial charge in [0.15, 0.2) is 5.79 Å². The topological polar surface area (TPSA) is 74.3 Å². The Morgan fingerprint density at radius 1 is 1.12 bits per heavy atom. The Labute approximate surface area is 189 Å². The highest BCUT2D eigenvalue weighted by Crippen LogP contribution is 2.31. The van der Waals surface area contributed by atoms with Gasteiger partial charge in [0.2, 0.25) is 0 Å². The lowest BCUT2D eigenvalue weighted by molar-refractivity contribution is -0.274. The third-order valence-electron chi connectivity index (χ3n) is 6.03. The summed E-state index contributed by atoms with van der Waals surface area (Å²) in [6.45, 7) is 2.03. The molecule has 1 fully saturated rings. The van der Waals surface area contributed by atoms with Crippen LogP contribution in [0.3, 0.4) is 0 Å². The van der Waals surface area contributed by atoms with Crippen LogP contribution in [0.2, 0.25) is 0 Å². The van der Waals surface area contributed by atoms with E-state index in [0.717, 1.165) is 46.3 Å². The first-order valence-electron chi connectivity index (χ1n) is 10.9. The Kier molecular flexibility index (Phi) is 5.36. The SMILES string of the molecule is CC1(NC2CCCC2)N=CC=C(c2c[nH]c3ncc(-c4ccc(OC(F)(F)F)cc4)cc23)N1. The van der Waals surface area contributed by atoms with Gasteiger partial charge in [-0.05, 0) is 49.6 Å². The van der Waals surface area contributed by atoms with Gasteiger partial charge in [0.25, 0.3) is 0 Å². The molecule has 3 heterocycles. The van der Waals surface area contributed by atoms with E-state index in [2.05, 4.69) is 30.3 Å². The van der Waals surface area contributed by atoms with E-state index in [-0.39, 0.29) is 5.75 Å². The fraction of sp³-hybridized carbons (Fsp3) is 0.333. The second-order valence-electron chi connectivity index (χ2n) is 8.58. The van der Waals surface area contributed by atoms with Gasteiger partial charge < -0.3 is 15.0 Å². The summed E-state index contributed by atoms with van der Waals surface area (Å²) in [4.78, 5) is 12.3. The number of hydrogen-bond donors (Lipinski definition) is 3. The predicted molar refractivity (Wildman–Crippen MR) is 122 cm³/mol. The van der Waals surface area contributed by atoms with Crippen LogP contribution in [0.15, 0.2) is 53.8 Å². The molecule has 33 heavy (non-hydrogen) atoms. The number of aromatic nitrogens is 2. The lowest BCUT2D eigenvalue weighted by atomic mass is 10.0. The molecule has 1 unspecified atom stereocenters. The molecule has 1 saturated carbocycles. The van der Waals surface area contributed by atoms with E-state index in [9.17, 15) is 13.2 Å². The van der Waals surface area contributed by atoms with Gasteiger partial charge in [-0.15, -0.1) is 13.2 Å². The molecule has 172 valence electrons. The van der Waals surface area contributed by atoms with Crippen molar-refractivity contribution in [2.75, 3.05) is 0 Å². The fourth-order valence-corrected chi connectivity index (χ4v) is 4.53. The highest BCUT2D eigenvalue weighted by atomic mass is 19.4. The lowest BCUT2D eigenvalue weighted by Crippen LogP contribution is -2.56. The Morgan fingerprint density at radius 2 is 1.88 bits per heavy atom. The van der Waals surface area contributed by atoms with Gasteiger partial charge >= 0.3 is 6.36 Å². The van der Waals surface area contributed by atoms with E-state index in [4.69, 9.17) is 0 Å². The van der Waals surface area contributed by atoms with E-state index >= 15 is 0 Å². The number of nitrogens with zero attached hydrogens (tertiary/aromatic N) is 2. The molecule has 2 aromatic heterocycles. The van der Waals surface area contributed by atoms with Crippen LogP contribution in [-0.2, 0) is 0 Å². The van der Waals surface area contributed by atoms with Crippen LogP contribution in [0.1, 0.15) is 38.2 Å². The highest BCUT2D eigenvalue weighted by molar-refractivity contribution is 5.97. The van der Waals surface area contributed by atoms with Gasteiger partial charge in [0, 0.05) is 46.9 Å². The standard InChI is InChI=1S/C24H24F3N5O/c1-23(31-17-4-2-3-5-17)30-11-10-21(32-23)20-14-29-22-19(20)12-16(13-28-22)15-6-8-18(9-7-15)33-24(25,26)27/h6-14,17,31-32H,2-5H2,1H3,(H,28,29). The number of H-pyrrole nitrogens is 1. The third-order valence-corrected chi connectivity index (χ3v) is 6.03. The summed E-state index contributed by atoms with van der Waals surface area (Å²) < 4.78 is 41.3. The molecule has 3 N–H and O–H groups in total. The summed E-state index contributed by atoms with van der Waals surface area (Å²) >= 11 is 0. The molecule has 6 nitrogen and oxygen atoms in total. The van der Waals surface area contributed by atoms with E-state index in [1.165, 1.54) is 25.0 Å². The highest BCUT2D eigenvalue weighted by Gasteiger charge is 2.31. The van der Waals surface area contributed by atoms with Crippen molar-refractivity contribution < 1.29 is 17.9 Å². The quantitative estimate of drug-likeness (QED) is 0.485. The molecular formula is C24H24F3N5O. The number of benzene rings is 1. The number of hydrogen-bond acceptors (Lipinski definition) is 5. The average molecular weight is 455 g/mol. The molecule has 1 aliphatic heterocycles. The van der Waals surface area contributed by atoms with Crippen molar-refractivity contribution in [3.63, 3.8) is 0 Å². The lowest BCUT2D eigenvalue weighted by Gasteiger charge is -2.34. The number of alkyl halides is 3. The van der Waals surface area contributed by atoms with E-state index in [0.29, 0.717) is 6.04 Å². The van der Waals surface area contributed by atoms with Crippen LogP contribution in [0.5, 0.6) is 5.75 Å². The van der Waals surface area contributed by atoms with Gasteiger partial charge in [-0.3, -0.25) is 10.3 Å². The summed E-state index contributed by atoms with van der Waals surface area (Å²) in [6.07, 6.45) is 7.39. The Balaban J connectivity index is 1.41. The summed E-state index contributed by atoms with van der Waals surface area (Å²) in [5, 5.41) is 8.05. The van der Waals surface area contributed by atoms with Crippen molar-refractivity contribution in [3.05, 3.63) is 54.4 Å². The van der Waals surface area contributed by atoms with Gasteiger partial charge in [0.1, 0.15) is 11.4 Å². The number of rotatable bonds is 5. The Bertz CT molecular complexity index is 1210. The molecule has 0 bridgehead atoms. The van der Waals surface area contributed by atoms with Gasteiger partial charge in [0.05, 0.1) is 0 Å². The zero-order valence-electron chi connectivity index (χ0n) is 18.0. The zero-order chi connectivity index (χ0) is 23.1. The van der Waals surface area contributed by atoms with Gasteiger partial charge in [-0.25, -0.2) is 4.98 Å². The van der Waals surface area contributed by atoms with E-state index in [1.807, 2.05) is 31.5 Å². The molecule has 0 spiro atoms. The molecule has 0 radical (unpaired) electrons. The molecule has 5 rings (SSSR count). The van der Waals surface area contributed by atoms with Crippen LogP contribution in [0.4, 0.5) is 13.2 Å². The van der Waals surface area contributed by atoms with Crippen molar-refractivity contribution in [3.8, 4) is 16.9 Å². The Morgan fingerprint density at radius 3 is 2.61 bits per heavy atom. The van der Waals surface area contributed by atoms with Crippen LogP contribution in [-0.4, -0.2) is 34.4 Å². The van der Waals surface area contributed by atoms with Crippen LogP contribution >= 0.6 is 0 Å². The second-order valence-corrected chi connectivity index (χ2v) is 8.58. The summed E-state index contributed by atoms with van der Waals surface area (Å²) in [5.41, 5.74) is 4.12. The monoisotopic (exact) mass is 455 g/mol. The van der Waals surface area contributed by atoms with E-state index < -0.39 is 12.1 Å². The van der Waals surface area contributed by atoms with Crippen molar-refractivity contribution in [2.45, 2.75) is 50.8 Å². The van der Waals surface area contributed by atoms with Crippen molar-refractivity contribution >= 4 is 22.9 Å². The number of pyridine rings is 1. The molecule has 0 amide bonds. The normalized spacial score (nSPS) is 21.3. The maximum absolute atomic E-state index is 12.4. The number of aromatic amines is 1. The van der Waals surface area contributed by atoms with Crippen LogP contribution < -0.4 is 15.4 Å². The first kappa shape index (κ1) is 21.5. The van der Waals surface area contributed by atoms with Crippen molar-refractivity contribution in [2.24, 2.45) is 4.99 Å².